The van der Waals surface area contributed by atoms with Gasteiger partial charge in [0.25, 0.3) is 5.69 Å². The van der Waals surface area contributed by atoms with E-state index < -0.39 is 4.92 Å². The molecule has 2 heterocycles. The van der Waals surface area contributed by atoms with E-state index in [4.69, 9.17) is 4.98 Å². The minimum Gasteiger partial charge on any atom is -0.354 e. The van der Waals surface area contributed by atoms with Crippen molar-refractivity contribution in [1.82, 2.24) is 14.9 Å². The van der Waals surface area contributed by atoms with E-state index in [0.29, 0.717) is 12.2 Å². The quantitative estimate of drug-likeness (QED) is 0.531. The zero-order chi connectivity index (χ0) is 21.8. The first-order chi connectivity index (χ1) is 14.2. The van der Waals surface area contributed by atoms with Crippen LogP contribution in [0.2, 0.25) is 0 Å². The van der Waals surface area contributed by atoms with Crippen molar-refractivity contribution in [3.05, 3.63) is 52.0 Å². The number of anilines is 2. The molecule has 0 atom stereocenters. The summed E-state index contributed by atoms with van der Waals surface area (Å²) in [4.78, 5) is 38.1. The lowest BCUT2D eigenvalue weighted by molar-refractivity contribution is -0.384. The maximum absolute atomic E-state index is 12.7. The van der Waals surface area contributed by atoms with Crippen LogP contribution in [0.15, 0.2) is 30.3 Å². The average molecular weight is 412 g/mol. The number of carbonyl (C=O) groups is 1. The molecule has 0 unspecified atom stereocenters. The van der Waals surface area contributed by atoms with Gasteiger partial charge in [-0.2, -0.15) is 0 Å². The Balaban J connectivity index is 1.56. The highest BCUT2D eigenvalue weighted by atomic mass is 16.6. The molecule has 0 saturated carbocycles. The normalized spacial score (nSPS) is 14.8. The lowest BCUT2D eigenvalue weighted by Gasteiger charge is -2.35. The SMILES string of the molecule is Cc1cc(N2CCN(CC(=O)N(C)c3ccc([N+](=O)[O-])cc3)CC2)nc(C(C)C)n1. The summed E-state index contributed by atoms with van der Waals surface area (Å²) in [7, 11) is 1.69. The van der Waals surface area contributed by atoms with Crippen molar-refractivity contribution in [2.45, 2.75) is 26.7 Å². The Morgan fingerprint density at radius 1 is 1.17 bits per heavy atom. The Kier molecular flexibility index (Phi) is 6.61. The van der Waals surface area contributed by atoms with Crippen LogP contribution in [0.4, 0.5) is 17.2 Å². The number of hydrogen-bond acceptors (Lipinski definition) is 7. The molecule has 160 valence electrons. The number of aromatic nitrogens is 2. The fraction of sp³-hybridized carbons (Fsp3) is 0.476. The first kappa shape index (κ1) is 21.6. The average Bonchev–Trinajstić information content (AvgIpc) is 2.73. The number of hydrogen-bond donors (Lipinski definition) is 0. The number of nitro groups is 1. The number of nitro benzene ring substituents is 1. The molecule has 3 rings (SSSR count). The van der Waals surface area contributed by atoms with Gasteiger partial charge in [-0.1, -0.05) is 13.8 Å². The predicted molar refractivity (Wildman–Crippen MR) is 116 cm³/mol. The fourth-order valence-corrected chi connectivity index (χ4v) is 3.37. The van der Waals surface area contributed by atoms with Crippen molar-refractivity contribution in [3.8, 4) is 0 Å². The summed E-state index contributed by atoms with van der Waals surface area (Å²) in [5.41, 5.74) is 1.62. The van der Waals surface area contributed by atoms with E-state index in [1.165, 1.54) is 12.1 Å². The minimum absolute atomic E-state index is 0.0105. The van der Waals surface area contributed by atoms with Crippen LogP contribution in [-0.2, 0) is 4.79 Å². The van der Waals surface area contributed by atoms with Gasteiger partial charge in [-0.15, -0.1) is 0 Å². The molecule has 1 aliphatic heterocycles. The topological polar surface area (TPSA) is 95.7 Å². The van der Waals surface area contributed by atoms with Gasteiger partial charge in [0.2, 0.25) is 5.91 Å². The maximum Gasteiger partial charge on any atom is 0.269 e. The summed E-state index contributed by atoms with van der Waals surface area (Å²) in [5, 5.41) is 10.8. The molecule has 1 aromatic carbocycles. The smallest absolute Gasteiger partial charge is 0.269 e. The lowest BCUT2D eigenvalue weighted by atomic mass is 10.2. The third-order valence-corrected chi connectivity index (χ3v) is 5.25. The van der Waals surface area contributed by atoms with Gasteiger partial charge in [0.1, 0.15) is 11.6 Å². The molecule has 9 heteroatoms. The van der Waals surface area contributed by atoms with E-state index in [2.05, 4.69) is 28.6 Å². The van der Waals surface area contributed by atoms with Crippen molar-refractivity contribution in [2.24, 2.45) is 0 Å². The number of amides is 1. The van der Waals surface area contributed by atoms with Crippen molar-refractivity contribution >= 4 is 23.1 Å². The van der Waals surface area contributed by atoms with E-state index in [-0.39, 0.29) is 17.5 Å². The van der Waals surface area contributed by atoms with Gasteiger partial charge in [0.05, 0.1) is 11.5 Å². The second kappa shape index (κ2) is 9.17. The van der Waals surface area contributed by atoms with Gasteiger partial charge >= 0.3 is 0 Å². The first-order valence-corrected chi connectivity index (χ1v) is 10.1. The van der Waals surface area contributed by atoms with E-state index >= 15 is 0 Å². The van der Waals surface area contributed by atoms with Crippen molar-refractivity contribution in [1.29, 1.82) is 0 Å². The molecule has 30 heavy (non-hydrogen) atoms. The maximum atomic E-state index is 12.7. The number of aryl methyl sites for hydroxylation is 1. The van der Waals surface area contributed by atoms with Crippen molar-refractivity contribution in [2.75, 3.05) is 49.6 Å². The van der Waals surface area contributed by atoms with E-state index in [9.17, 15) is 14.9 Å². The van der Waals surface area contributed by atoms with Gasteiger partial charge in [-0.05, 0) is 19.1 Å². The van der Waals surface area contributed by atoms with Crippen LogP contribution in [0.1, 0.15) is 31.3 Å². The summed E-state index contributed by atoms with van der Waals surface area (Å²) in [5.74, 6) is 2.03. The Bertz CT molecular complexity index is 907. The molecule has 1 amide bonds. The molecule has 1 aliphatic rings. The van der Waals surface area contributed by atoms with E-state index in [0.717, 1.165) is 43.5 Å². The number of non-ortho nitro benzene ring substituents is 1. The second-order valence-corrected chi connectivity index (χ2v) is 7.87. The predicted octanol–water partition coefficient (Wildman–Crippen LogP) is 2.60. The van der Waals surface area contributed by atoms with Crippen LogP contribution >= 0.6 is 0 Å². The van der Waals surface area contributed by atoms with Crippen LogP contribution < -0.4 is 9.80 Å². The van der Waals surface area contributed by atoms with Gasteiger partial charge in [0.15, 0.2) is 0 Å². The molecular formula is C21H28N6O3. The Morgan fingerprint density at radius 3 is 2.37 bits per heavy atom. The highest BCUT2D eigenvalue weighted by Crippen LogP contribution is 2.20. The summed E-state index contributed by atoms with van der Waals surface area (Å²) in [6.07, 6.45) is 0. The number of nitrogens with zero attached hydrogens (tertiary/aromatic N) is 6. The third kappa shape index (κ3) is 5.10. The van der Waals surface area contributed by atoms with Crippen LogP contribution in [-0.4, -0.2) is 65.5 Å². The van der Waals surface area contributed by atoms with Crippen LogP contribution in [0, 0.1) is 17.0 Å². The van der Waals surface area contributed by atoms with Crippen molar-refractivity contribution < 1.29 is 9.72 Å². The third-order valence-electron chi connectivity index (χ3n) is 5.25. The van der Waals surface area contributed by atoms with E-state index in [1.54, 1.807) is 24.1 Å². The first-order valence-electron chi connectivity index (χ1n) is 10.1. The Hall–Kier alpha value is -3.07. The number of piperazine rings is 1. The number of benzene rings is 1. The van der Waals surface area contributed by atoms with Gasteiger partial charge in [0, 0.05) is 68.7 Å². The number of rotatable bonds is 6. The number of carbonyl (C=O) groups excluding carboxylic acids is 1. The van der Waals surface area contributed by atoms with Gasteiger partial charge in [-0.3, -0.25) is 19.8 Å². The zero-order valence-corrected chi connectivity index (χ0v) is 17.9. The largest absolute Gasteiger partial charge is 0.354 e. The molecule has 0 spiro atoms. The Labute approximate surface area is 176 Å². The highest BCUT2D eigenvalue weighted by molar-refractivity contribution is 5.94. The highest BCUT2D eigenvalue weighted by Gasteiger charge is 2.23. The molecule has 0 N–H and O–H groups in total. The summed E-state index contributed by atoms with van der Waals surface area (Å²) in [6, 6.07) is 8.02. The van der Waals surface area contributed by atoms with E-state index in [1.807, 2.05) is 13.0 Å². The van der Waals surface area contributed by atoms with Crippen LogP contribution in [0.5, 0.6) is 0 Å². The summed E-state index contributed by atoms with van der Waals surface area (Å²) >= 11 is 0. The molecule has 0 bridgehead atoms. The minimum atomic E-state index is -0.450. The monoisotopic (exact) mass is 412 g/mol. The molecule has 2 aromatic rings. The molecule has 9 nitrogen and oxygen atoms in total. The fourth-order valence-electron chi connectivity index (χ4n) is 3.37. The van der Waals surface area contributed by atoms with Gasteiger partial charge in [-0.25, -0.2) is 9.97 Å². The summed E-state index contributed by atoms with van der Waals surface area (Å²) in [6.45, 7) is 9.58. The molecule has 0 radical (unpaired) electrons. The summed E-state index contributed by atoms with van der Waals surface area (Å²) < 4.78 is 0. The van der Waals surface area contributed by atoms with Crippen molar-refractivity contribution in [3.63, 3.8) is 0 Å². The van der Waals surface area contributed by atoms with Crippen LogP contribution in [0.3, 0.4) is 0 Å². The zero-order valence-electron chi connectivity index (χ0n) is 17.9. The Morgan fingerprint density at radius 2 is 1.80 bits per heavy atom. The molecule has 1 fully saturated rings. The second-order valence-electron chi connectivity index (χ2n) is 7.87. The molecule has 1 aromatic heterocycles. The van der Waals surface area contributed by atoms with Gasteiger partial charge < -0.3 is 9.80 Å². The number of likely N-dealkylation sites (N-methyl/N-ethyl adjacent to an activating group) is 1. The molecule has 0 aliphatic carbocycles. The van der Waals surface area contributed by atoms with Crippen LogP contribution in [0.25, 0.3) is 0 Å². The molecular weight excluding hydrogens is 384 g/mol. The lowest BCUT2D eigenvalue weighted by Crippen LogP contribution is -2.50. The molecule has 1 saturated heterocycles. The standard InChI is InChI=1S/C21H28N6O3/c1-15(2)21-22-16(3)13-19(23-21)26-11-9-25(10-12-26)14-20(28)24(4)17-5-7-18(8-6-17)27(29)30/h5-8,13,15H,9-12,14H2,1-4H3.